The maximum atomic E-state index is 12.4. The molecule has 6 heteroatoms. The Morgan fingerprint density at radius 3 is 2.71 bits per heavy atom. The molecule has 0 bridgehead atoms. The topological polar surface area (TPSA) is 88.8 Å². The molecule has 0 saturated carbocycles. The normalized spacial score (nSPS) is 10.5. The number of aliphatic carboxylic acids is 1. The Morgan fingerprint density at radius 1 is 1.29 bits per heavy atom. The lowest BCUT2D eigenvalue weighted by Crippen LogP contribution is -2.25. The smallest absolute Gasteiger partial charge is 0.311 e. The largest absolute Gasteiger partial charge is 0.494 e. The Labute approximate surface area is 140 Å². The van der Waals surface area contributed by atoms with Crippen LogP contribution in [-0.4, -0.2) is 23.6 Å². The summed E-state index contributed by atoms with van der Waals surface area (Å²) in [5, 5.41) is 11.7. The number of nitrogens with one attached hydrogen (secondary N) is 1. The molecule has 0 aliphatic rings. The zero-order valence-corrected chi connectivity index (χ0v) is 14.0. The van der Waals surface area contributed by atoms with Gasteiger partial charge < -0.3 is 19.6 Å². The Kier molecular flexibility index (Phi) is 5.63. The number of carboxylic acids is 1. The van der Waals surface area contributed by atoms with Crippen molar-refractivity contribution in [2.45, 2.75) is 33.7 Å². The van der Waals surface area contributed by atoms with E-state index in [-0.39, 0.29) is 30.2 Å². The number of rotatable bonds is 7. The van der Waals surface area contributed by atoms with E-state index in [0.717, 1.165) is 16.9 Å². The van der Waals surface area contributed by atoms with E-state index in [1.807, 2.05) is 32.0 Å². The van der Waals surface area contributed by atoms with Gasteiger partial charge in [-0.3, -0.25) is 9.59 Å². The van der Waals surface area contributed by atoms with Crippen LogP contribution in [0.5, 0.6) is 5.75 Å². The van der Waals surface area contributed by atoms with Gasteiger partial charge in [-0.15, -0.1) is 0 Å². The number of amides is 1. The van der Waals surface area contributed by atoms with Crippen molar-refractivity contribution in [1.82, 2.24) is 5.32 Å². The number of ether oxygens (including phenoxy) is 1. The van der Waals surface area contributed by atoms with Gasteiger partial charge in [-0.1, -0.05) is 12.1 Å². The van der Waals surface area contributed by atoms with Crippen LogP contribution in [0.2, 0.25) is 0 Å². The third-order valence-electron chi connectivity index (χ3n) is 3.55. The van der Waals surface area contributed by atoms with Gasteiger partial charge in [-0.05, 0) is 32.4 Å². The summed E-state index contributed by atoms with van der Waals surface area (Å²) >= 11 is 0. The zero-order valence-electron chi connectivity index (χ0n) is 14.0. The number of aryl methyl sites for hydroxylation is 2. The summed E-state index contributed by atoms with van der Waals surface area (Å²) in [6.07, 6.45) is 1.07. The molecular formula is C18H21NO5. The molecule has 1 aromatic carbocycles. The number of carbonyl (C=O) groups excluding carboxylic acids is 1. The lowest BCUT2D eigenvalue weighted by Gasteiger charge is -2.12. The van der Waals surface area contributed by atoms with E-state index >= 15 is 0 Å². The van der Waals surface area contributed by atoms with Crippen LogP contribution in [0.1, 0.15) is 39.7 Å². The minimum Gasteiger partial charge on any atom is -0.494 e. The first-order valence-electron chi connectivity index (χ1n) is 7.71. The molecular weight excluding hydrogens is 310 g/mol. The molecule has 0 aliphatic heterocycles. The van der Waals surface area contributed by atoms with E-state index in [4.69, 9.17) is 14.3 Å². The molecule has 0 saturated heterocycles. The summed E-state index contributed by atoms with van der Waals surface area (Å²) in [7, 11) is 0. The van der Waals surface area contributed by atoms with Gasteiger partial charge in [-0.2, -0.15) is 0 Å². The van der Waals surface area contributed by atoms with Crippen LogP contribution < -0.4 is 10.1 Å². The molecule has 0 unspecified atom stereocenters. The van der Waals surface area contributed by atoms with Crippen LogP contribution in [0.4, 0.5) is 0 Å². The second-order valence-corrected chi connectivity index (χ2v) is 5.51. The van der Waals surface area contributed by atoms with Crippen molar-refractivity contribution in [3.8, 4) is 5.75 Å². The molecule has 128 valence electrons. The first-order valence-corrected chi connectivity index (χ1v) is 7.71. The van der Waals surface area contributed by atoms with Gasteiger partial charge >= 0.3 is 5.97 Å². The summed E-state index contributed by atoms with van der Waals surface area (Å²) in [4.78, 5) is 23.3. The van der Waals surface area contributed by atoms with E-state index < -0.39 is 5.97 Å². The predicted molar refractivity (Wildman–Crippen MR) is 88.3 cm³/mol. The van der Waals surface area contributed by atoms with Crippen LogP contribution in [0.25, 0.3) is 0 Å². The molecule has 0 atom stereocenters. The van der Waals surface area contributed by atoms with E-state index in [0.29, 0.717) is 12.2 Å². The highest BCUT2D eigenvalue weighted by molar-refractivity contribution is 5.97. The third kappa shape index (κ3) is 4.16. The Morgan fingerprint density at radius 2 is 2.04 bits per heavy atom. The van der Waals surface area contributed by atoms with Crippen molar-refractivity contribution in [3.05, 3.63) is 52.5 Å². The highest BCUT2D eigenvalue weighted by Crippen LogP contribution is 2.21. The molecule has 1 aromatic heterocycles. The minimum absolute atomic E-state index is 0.159. The highest BCUT2D eigenvalue weighted by atomic mass is 16.5. The van der Waals surface area contributed by atoms with Crippen molar-refractivity contribution in [2.75, 3.05) is 6.61 Å². The average Bonchev–Trinajstić information content (AvgIpc) is 2.86. The van der Waals surface area contributed by atoms with Crippen molar-refractivity contribution >= 4 is 11.9 Å². The average molecular weight is 331 g/mol. The predicted octanol–water partition coefficient (Wildman–Crippen LogP) is 2.85. The summed E-state index contributed by atoms with van der Waals surface area (Å²) in [5.41, 5.74) is 2.82. The molecule has 1 heterocycles. The first-order chi connectivity index (χ1) is 11.4. The molecule has 2 rings (SSSR count). The van der Waals surface area contributed by atoms with Crippen molar-refractivity contribution in [2.24, 2.45) is 0 Å². The van der Waals surface area contributed by atoms with Gasteiger partial charge in [0.1, 0.15) is 17.9 Å². The first kappa shape index (κ1) is 17.6. The van der Waals surface area contributed by atoms with Gasteiger partial charge in [-0.25, -0.2) is 0 Å². The minimum atomic E-state index is -1.05. The second kappa shape index (κ2) is 7.68. The fraction of sp³-hybridized carbons (Fsp3) is 0.333. The Balaban J connectivity index is 2.14. The van der Waals surface area contributed by atoms with Crippen LogP contribution in [0.3, 0.4) is 0 Å². The molecule has 0 fully saturated rings. The monoisotopic (exact) mass is 331 g/mol. The van der Waals surface area contributed by atoms with Crippen LogP contribution in [0, 0.1) is 13.8 Å². The zero-order chi connectivity index (χ0) is 17.7. The van der Waals surface area contributed by atoms with Gasteiger partial charge in [0.2, 0.25) is 0 Å². The lowest BCUT2D eigenvalue weighted by atomic mass is 10.1. The number of hydrogen-bond donors (Lipinski definition) is 2. The van der Waals surface area contributed by atoms with Crippen molar-refractivity contribution < 1.29 is 23.8 Å². The van der Waals surface area contributed by atoms with Crippen LogP contribution in [-0.2, 0) is 17.8 Å². The fourth-order valence-corrected chi connectivity index (χ4v) is 2.43. The number of benzene rings is 1. The van der Waals surface area contributed by atoms with Crippen molar-refractivity contribution in [1.29, 1.82) is 0 Å². The maximum Gasteiger partial charge on any atom is 0.311 e. The summed E-state index contributed by atoms with van der Waals surface area (Å²) in [6.45, 7) is 6.40. The number of hydrogen-bond acceptors (Lipinski definition) is 4. The van der Waals surface area contributed by atoms with E-state index in [9.17, 15) is 9.59 Å². The van der Waals surface area contributed by atoms with E-state index in [2.05, 4.69) is 5.32 Å². The SMILES string of the molecule is CCOc1cc(C)ccc1CNC(=O)c1c(C)coc1CC(=O)O. The van der Waals surface area contributed by atoms with Crippen LogP contribution >= 0.6 is 0 Å². The van der Waals surface area contributed by atoms with Gasteiger partial charge in [0.05, 0.1) is 18.4 Å². The summed E-state index contributed by atoms with van der Waals surface area (Å²) < 4.78 is 10.8. The Hall–Kier alpha value is -2.76. The lowest BCUT2D eigenvalue weighted by molar-refractivity contribution is -0.136. The number of furan rings is 1. The molecule has 0 spiro atoms. The highest BCUT2D eigenvalue weighted by Gasteiger charge is 2.20. The van der Waals surface area contributed by atoms with E-state index in [1.54, 1.807) is 6.92 Å². The van der Waals surface area contributed by atoms with Gasteiger partial charge in [0.25, 0.3) is 5.91 Å². The van der Waals surface area contributed by atoms with Crippen LogP contribution in [0.15, 0.2) is 28.9 Å². The quantitative estimate of drug-likeness (QED) is 0.814. The molecule has 2 aromatic rings. The Bertz CT molecular complexity index is 748. The summed E-state index contributed by atoms with van der Waals surface area (Å²) in [5.74, 6) is -0.519. The molecule has 6 nitrogen and oxygen atoms in total. The third-order valence-corrected chi connectivity index (χ3v) is 3.55. The molecule has 0 aliphatic carbocycles. The number of carboxylic acid groups (broad SMARTS) is 1. The molecule has 24 heavy (non-hydrogen) atoms. The molecule has 2 N–H and O–H groups in total. The van der Waals surface area contributed by atoms with Gasteiger partial charge in [0.15, 0.2) is 0 Å². The second-order valence-electron chi connectivity index (χ2n) is 5.51. The number of carbonyl (C=O) groups is 2. The standard InChI is InChI=1S/C18H21NO5/c1-4-23-14-7-11(2)5-6-13(14)9-19-18(22)17-12(3)10-24-15(17)8-16(20)21/h5-7,10H,4,8-9H2,1-3H3,(H,19,22)(H,20,21). The maximum absolute atomic E-state index is 12.4. The molecule has 0 radical (unpaired) electrons. The molecule has 1 amide bonds. The van der Waals surface area contributed by atoms with Gasteiger partial charge in [0, 0.05) is 17.7 Å². The van der Waals surface area contributed by atoms with E-state index in [1.165, 1.54) is 6.26 Å². The fourth-order valence-electron chi connectivity index (χ4n) is 2.43. The van der Waals surface area contributed by atoms with Crippen molar-refractivity contribution in [3.63, 3.8) is 0 Å². The summed E-state index contributed by atoms with van der Waals surface area (Å²) in [6, 6.07) is 5.77.